The molecule has 1 saturated heterocycles. The summed E-state index contributed by atoms with van der Waals surface area (Å²) in [6.07, 6.45) is 2.12. The molecule has 1 fully saturated rings. The number of anilines is 1. The third-order valence-electron chi connectivity index (χ3n) is 3.88. The normalized spacial score (nSPS) is 16.6. The molecule has 1 heterocycles. The summed E-state index contributed by atoms with van der Waals surface area (Å²) in [6.45, 7) is 4.60. The van der Waals surface area contributed by atoms with E-state index in [1.54, 1.807) is 7.11 Å². The highest BCUT2D eigenvalue weighted by Gasteiger charge is 2.33. The zero-order valence-electron chi connectivity index (χ0n) is 14.0. The molecule has 0 aromatic heterocycles. The molecular weight excluding hydrogens is 294 g/mol. The number of benzene rings is 1. The molecule has 0 spiro atoms. The monoisotopic (exact) mass is 319 g/mol. The third-order valence-corrected chi connectivity index (χ3v) is 3.88. The van der Waals surface area contributed by atoms with Gasteiger partial charge in [-0.15, -0.1) is 0 Å². The number of para-hydroxylation sites is 2. The number of hydrogen-bond donors (Lipinski definition) is 1. The number of imide groups is 1. The van der Waals surface area contributed by atoms with E-state index in [1.807, 2.05) is 43.1 Å². The van der Waals surface area contributed by atoms with Crippen molar-refractivity contribution in [3.8, 4) is 5.75 Å². The number of rotatable bonds is 7. The molecule has 2 rings (SSSR count). The Morgan fingerprint density at radius 2 is 1.91 bits per heavy atom. The van der Waals surface area contributed by atoms with Crippen molar-refractivity contribution < 1.29 is 14.3 Å². The number of hydrazine groups is 1. The first-order valence-electron chi connectivity index (χ1n) is 8.10. The second-order valence-corrected chi connectivity index (χ2v) is 5.64. The van der Waals surface area contributed by atoms with E-state index < -0.39 is 0 Å². The van der Waals surface area contributed by atoms with Crippen LogP contribution in [0, 0.1) is 0 Å². The van der Waals surface area contributed by atoms with Crippen molar-refractivity contribution in [1.82, 2.24) is 10.0 Å². The van der Waals surface area contributed by atoms with Crippen LogP contribution in [0.5, 0.6) is 5.75 Å². The molecule has 0 radical (unpaired) electrons. The fourth-order valence-electron chi connectivity index (χ4n) is 2.79. The van der Waals surface area contributed by atoms with Crippen LogP contribution in [0.2, 0.25) is 0 Å². The number of nitrogens with one attached hydrogen (secondary N) is 1. The van der Waals surface area contributed by atoms with Crippen LogP contribution in [0.4, 0.5) is 5.69 Å². The first-order valence-corrected chi connectivity index (χ1v) is 8.10. The molecule has 0 bridgehead atoms. The van der Waals surface area contributed by atoms with Gasteiger partial charge < -0.3 is 10.1 Å². The van der Waals surface area contributed by atoms with Crippen LogP contribution in [0.25, 0.3) is 0 Å². The average Bonchev–Trinajstić information content (AvgIpc) is 2.54. The molecule has 1 aromatic rings. The molecule has 2 amide bonds. The van der Waals surface area contributed by atoms with Gasteiger partial charge in [0.25, 0.3) is 0 Å². The van der Waals surface area contributed by atoms with Gasteiger partial charge in [0.2, 0.25) is 11.8 Å². The van der Waals surface area contributed by atoms with Crippen LogP contribution in [0.3, 0.4) is 0 Å². The summed E-state index contributed by atoms with van der Waals surface area (Å²) in [4.78, 5) is 24.4. The number of nitrogens with zero attached hydrogens (tertiary/aromatic N) is 2. The van der Waals surface area contributed by atoms with Crippen molar-refractivity contribution in [2.45, 2.75) is 45.7 Å². The van der Waals surface area contributed by atoms with Gasteiger partial charge in [-0.2, -0.15) is 5.01 Å². The maximum atomic E-state index is 12.2. The Bertz CT molecular complexity index is 546. The number of methoxy groups -OCH3 is 1. The van der Waals surface area contributed by atoms with Crippen molar-refractivity contribution in [2.24, 2.45) is 0 Å². The third kappa shape index (κ3) is 4.01. The quantitative estimate of drug-likeness (QED) is 0.618. The van der Waals surface area contributed by atoms with E-state index in [2.05, 4.69) is 5.32 Å². The van der Waals surface area contributed by atoms with Crippen LogP contribution in [-0.2, 0) is 9.59 Å². The molecule has 6 nitrogen and oxygen atoms in total. The number of ether oxygens (including phenoxy) is 1. The second kappa shape index (κ2) is 7.97. The van der Waals surface area contributed by atoms with Crippen LogP contribution in [0.15, 0.2) is 24.3 Å². The Morgan fingerprint density at radius 3 is 2.52 bits per heavy atom. The van der Waals surface area contributed by atoms with Gasteiger partial charge in [-0.1, -0.05) is 19.1 Å². The number of amides is 2. The maximum Gasteiger partial charge on any atom is 0.244 e. The van der Waals surface area contributed by atoms with Crippen molar-refractivity contribution in [2.75, 3.05) is 19.0 Å². The topological polar surface area (TPSA) is 61.9 Å². The summed E-state index contributed by atoms with van der Waals surface area (Å²) in [5.74, 6) is 0.485. The van der Waals surface area contributed by atoms with Crippen LogP contribution in [-0.4, -0.2) is 41.7 Å². The molecule has 23 heavy (non-hydrogen) atoms. The molecule has 1 aliphatic heterocycles. The molecule has 1 aromatic carbocycles. The minimum atomic E-state index is -0.211. The van der Waals surface area contributed by atoms with E-state index in [0.29, 0.717) is 25.8 Å². The van der Waals surface area contributed by atoms with Crippen molar-refractivity contribution in [1.29, 1.82) is 0 Å². The highest BCUT2D eigenvalue weighted by Crippen LogP contribution is 2.25. The predicted octanol–water partition coefficient (Wildman–Crippen LogP) is 2.62. The summed E-state index contributed by atoms with van der Waals surface area (Å²) in [5, 5.41) is 6.47. The fourth-order valence-corrected chi connectivity index (χ4v) is 2.79. The minimum Gasteiger partial charge on any atom is -0.495 e. The molecule has 126 valence electrons. The first-order chi connectivity index (χ1) is 11.1. The first kappa shape index (κ1) is 17.3. The molecular formula is C17H25N3O3. The van der Waals surface area contributed by atoms with Gasteiger partial charge in [-0.25, -0.2) is 5.01 Å². The largest absolute Gasteiger partial charge is 0.495 e. The van der Waals surface area contributed by atoms with Gasteiger partial charge in [-0.05, 0) is 31.9 Å². The van der Waals surface area contributed by atoms with E-state index in [9.17, 15) is 9.59 Å². The lowest BCUT2D eigenvalue weighted by atomic mass is 10.1. The molecule has 6 heteroatoms. The zero-order chi connectivity index (χ0) is 16.8. The minimum absolute atomic E-state index is 0.122. The van der Waals surface area contributed by atoms with Gasteiger partial charge >= 0.3 is 0 Å². The lowest BCUT2D eigenvalue weighted by Crippen LogP contribution is -2.57. The smallest absolute Gasteiger partial charge is 0.244 e. The molecule has 1 N–H and O–H groups in total. The van der Waals surface area contributed by atoms with Gasteiger partial charge in [0, 0.05) is 19.4 Å². The van der Waals surface area contributed by atoms with Crippen LogP contribution in [0.1, 0.15) is 39.5 Å². The number of piperidine rings is 1. The predicted molar refractivity (Wildman–Crippen MR) is 88.8 cm³/mol. The standard InChI is InChI=1S/C17H25N3O3/c1-4-12-19(20-16(21)10-7-11-17(20)22)13(2)18-14-8-5-6-9-15(14)23-3/h5-6,8-9,13,18H,4,7,10-12H2,1-3H3. The Morgan fingerprint density at radius 1 is 1.26 bits per heavy atom. The summed E-state index contributed by atoms with van der Waals surface area (Å²) >= 11 is 0. The van der Waals surface area contributed by atoms with E-state index >= 15 is 0 Å². The Kier molecular flexibility index (Phi) is 5.98. The second-order valence-electron chi connectivity index (χ2n) is 5.64. The van der Waals surface area contributed by atoms with Crippen molar-refractivity contribution >= 4 is 17.5 Å². The highest BCUT2D eigenvalue weighted by molar-refractivity contribution is 5.96. The molecule has 1 unspecified atom stereocenters. The fraction of sp³-hybridized carbons (Fsp3) is 0.529. The molecule has 1 aliphatic rings. The van der Waals surface area contributed by atoms with E-state index in [-0.39, 0.29) is 18.0 Å². The summed E-state index contributed by atoms with van der Waals surface area (Å²) in [5.41, 5.74) is 0.834. The highest BCUT2D eigenvalue weighted by atomic mass is 16.5. The van der Waals surface area contributed by atoms with Crippen molar-refractivity contribution in [3.05, 3.63) is 24.3 Å². The summed E-state index contributed by atoms with van der Waals surface area (Å²) in [6, 6.07) is 7.60. The lowest BCUT2D eigenvalue weighted by Gasteiger charge is -2.39. The number of hydrogen-bond acceptors (Lipinski definition) is 5. The molecule has 1 atom stereocenters. The van der Waals surface area contributed by atoms with Gasteiger partial charge in [0.1, 0.15) is 5.75 Å². The van der Waals surface area contributed by atoms with Crippen LogP contribution >= 0.6 is 0 Å². The average molecular weight is 319 g/mol. The molecule has 0 aliphatic carbocycles. The van der Waals surface area contributed by atoms with Gasteiger partial charge in [0.15, 0.2) is 0 Å². The number of carbonyl (C=O) groups excluding carboxylic acids is 2. The van der Waals surface area contributed by atoms with Crippen LogP contribution < -0.4 is 10.1 Å². The zero-order valence-corrected chi connectivity index (χ0v) is 14.0. The number of carbonyl (C=O) groups is 2. The maximum absolute atomic E-state index is 12.2. The van der Waals surface area contributed by atoms with E-state index in [0.717, 1.165) is 17.9 Å². The SMILES string of the molecule is CCCN(C(C)Nc1ccccc1OC)N1C(=O)CCCC1=O. The van der Waals surface area contributed by atoms with Gasteiger partial charge in [0.05, 0.1) is 19.0 Å². The van der Waals surface area contributed by atoms with E-state index in [4.69, 9.17) is 4.74 Å². The Hall–Kier alpha value is -2.08. The van der Waals surface area contributed by atoms with Gasteiger partial charge in [-0.3, -0.25) is 9.59 Å². The Labute approximate surface area is 137 Å². The Balaban J connectivity index is 2.19. The summed E-state index contributed by atoms with van der Waals surface area (Å²) < 4.78 is 5.35. The van der Waals surface area contributed by atoms with E-state index in [1.165, 1.54) is 5.01 Å². The summed E-state index contributed by atoms with van der Waals surface area (Å²) in [7, 11) is 1.62. The molecule has 0 saturated carbocycles. The van der Waals surface area contributed by atoms with Crippen molar-refractivity contribution in [3.63, 3.8) is 0 Å². The lowest BCUT2D eigenvalue weighted by molar-refractivity contribution is -0.171.